The summed E-state index contributed by atoms with van der Waals surface area (Å²) in [6, 6.07) is 0. The van der Waals surface area contributed by atoms with Crippen LogP contribution in [-0.2, 0) is 15.1 Å². The molecule has 1 aliphatic rings. The van der Waals surface area contributed by atoms with Crippen LogP contribution in [0.5, 0.6) is 0 Å². The van der Waals surface area contributed by atoms with Crippen LogP contribution in [0.4, 0.5) is 0 Å². The number of aromatic nitrogens is 2. The van der Waals surface area contributed by atoms with Crippen molar-refractivity contribution in [1.82, 2.24) is 15.3 Å². The molecule has 0 radical (unpaired) electrons. The third-order valence-electron chi connectivity index (χ3n) is 3.12. The maximum Gasteiger partial charge on any atom is 0.353 e. The Hall–Kier alpha value is -1.89. The van der Waals surface area contributed by atoms with Gasteiger partial charge >= 0.3 is 5.97 Å². The quantitative estimate of drug-likeness (QED) is 0.697. The summed E-state index contributed by atoms with van der Waals surface area (Å²) in [5, 5.41) is 11.7. The van der Waals surface area contributed by atoms with Crippen molar-refractivity contribution in [3.63, 3.8) is 0 Å². The molecule has 1 aromatic rings. The molecule has 1 aliphatic carbocycles. The second kappa shape index (κ2) is 4.77. The third kappa shape index (κ3) is 2.21. The Kier molecular flexibility index (Phi) is 3.33. The predicted molar refractivity (Wildman–Crippen MR) is 61.1 cm³/mol. The van der Waals surface area contributed by atoms with Gasteiger partial charge in [-0.1, -0.05) is 0 Å². The monoisotopic (exact) mass is 253 g/mol. The Labute approximate surface area is 104 Å². The van der Waals surface area contributed by atoms with Crippen LogP contribution in [0.3, 0.4) is 0 Å². The summed E-state index contributed by atoms with van der Waals surface area (Å²) < 4.78 is 4.76. The summed E-state index contributed by atoms with van der Waals surface area (Å²) in [6.45, 7) is -0.0196. The second-order valence-electron chi connectivity index (χ2n) is 4.37. The molecular weight excluding hydrogens is 238 g/mol. The average Bonchev–Trinajstić information content (AvgIpc) is 2.73. The molecule has 7 nitrogen and oxygen atoms in total. The van der Waals surface area contributed by atoms with Gasteiger partial charge in [-0.25, -0.2) is 9.78 Å². The molecule has 98 valence electrons. The molecule has 2 rings (SSSR count). The molecule has 3 N–H and O–H groups in total. The van der Waals surface area contributed by atoms with Crippen LogP contribution in [0.2, 0.25) is 0 Å². The van der Waals surface area contributed by atoms with Crippen molar-refractivity contribution < 1.29 is 19.4 Å². The van der Waals surface area contributed by atoms with E-state index in [4.69, 9.17) is 9.84 Å². The molecule has 0 aliphatic heterocycles. The maximum absolute atomic E-state index is 11.6. The Balaban J connectivity index is 2.16. The van der Waals surface area contributed by atoms with Gasteiger partial charge < -0.3 is 20.1 Å². The number of ether oxygens (including phenoxy) is 1. The number of hydrogen-bond donors (Lipinski definition) is 3. The van der Waals surface area contributed by atoms with E-state index in [1.165, 1.54) is 13.3 Å². The van der Waals surface area contributed by atoms with Gasteiger partial charge in [0, 0.05) is 7.11 Å². The number of carboxylic acids is 1. The van der Waals surface area contributed by atoms with Crippen molar-refractivity contribution >= 4 is 11.9 Å². The number of nitrogens with one attached hydrogen (secondary N) is 2. The lowest BCUT2D eigenvalue weighted by atomic mass is 9.76. The van der Waals surface area contributed by atoms with Crippen molar-refractivity contribution in [3.05, 3.63) is 17.7 Å². The molecule has 1 fully saturated rings. The lowest BCUT2D eigenvalue weighted by Crippen LogP contribution is -2.52. The summed E-state index contributed by atoms with van der Waals surface area (Å²) >= 11 is 0. The number of aromatic amines is 1. The summed E-state index contributed by atoms with van der Waals surface area (Å²) in [5.74, 6) is -0.799. The first-order chi connectivity index (χ1) is 8.57. The lowest BCUT2D eigenvalue weighted by molar-refractivity contribution is -0.128. The molecule has 0 bridgehead atoms. The van der Waals surface area contributed by atoms with E-state index in [0.29, 0.717) is 5.82 Å². The molecule has 1 saturated carbocycles. The fourth-order valence-electron chi connectivity index (χ4n) is 2.06. The highest BCUT2D eigenvalue weighted by Gasteiger charge is 2.42. The predicted octanol–water partition coefficient (Wildman–Crippen LogP) is 0.250. The summed E-state index contributed by atoms with van der Waals surface area (Å²) in [6.07, 6.45) is 3.72. The summed E-state index contributed by atoms with van der Waals surface area (Å²) in [4.78, 5) is 29.2. The van der Waals surface area contributed by atoms with Crippen molar-refractivity contribution in [2.24, 2.45) is 0 Å². The molecule has 0 unspecified atom stereocenters. The minimum Gasteiger partial charge on any atom is -0.477 e. The van der Waals surface area contributed by atoms with Gasteiger partial charge in [0.1, 0.15) is 18.1 Å². The molecular formula is C11H15N3O4. The first-order valence-corrected chi connectivity index (χ1v) is 5.66. The molecule has 0 atom stereocenters. The number of carbonyl (C=O) groups is 2. The van der Waals surface area contributed by atoms with Gasteiger partial charge in [-0.2, -0.15) is 0 Å². The number of carbonyl (C=O) groups excluding carboxylic acids is 1. The summed E-state index contributed by atoms with van der Waals surface area (Å²) in [5.41, 5.74) is -0.541. The molecule has 1 aromatic heterocycles. The number of rotatable bonds is 5. The second-order valence-corrected chi connectivity index (χ2v) is 4.37. The number of amides is 1. The van der Waals surface area contributed by atoms with E-state index >= 15 is 0 Å². The van der Waals surface area contributed by atoms with E-state index in [1.807, 2.05) is 0 Å². The fraction of sp³-hybridized carbons (Fsp3) is 0.545. The van der Waals surface area contributed by atoms with Crippen LogP contribution in [0.1, 0.15) is 35.6 Å². The van der Waals surface area contributed by atoms with Crippen LogP contribution in [0, 0.1) is 0 Å². The Morgan fingerprint density at radius 1 is 1.61 bits per heavy atom. The lowest BCUT2D eigenvalue weighted by Gasteiger charge is -2.40. The van der Waals surface area contributed by atoms with Crippen molar-refractivity contribution in [2.45, 2.75) is 24.8 Å². The van der Waals surface area contributed by atoms with Gasteiger partial charge in [-0.15, -0.1) is 0 Å². The topological polar surface area (TPSA) is 104 Å². The van der Waals surface area contributed by atoms with Crippen molar-refractivity contribution in [2.75, 3.05) is 13.7 Å². The van der Waals surface area contributed by atoms with Crippen LogP contribution < -0.4 is 5.32 Å². The van der Waals surface area contributed by atoms with Crippen LogP contribution >= 0.6 is 0 Å². The van der Waals surface area contributed by atoms with Gasteiger partial charge in [0.2, 0.25) is 5.91 Å². The third-order valence-corrected chi connectivity index (χ3v) is 3.12. The first kappa shape index (κ1) is 12.6. The number of methoxy groups -OCH3 is 1. The summed E-state index contributed by atoms with van der Waals surface area (Å²) in [7, 11) is 1.45. The average molecular weight is 253 g/mol. The van der Waals surface area contributed by atoms with Gasteiger partial charge in [0.05, 0.1) is 11.7 Å². The Bertz CT molecular complexity index is 465. The van der Waals surface area contributed by atoms with Gasteiger partial charge in [0.15, 0.2) is 0 Å². The molecule has 0 aromatic carbocycles. The number of carboxylic acid groups (broad SMARTS) is 1. The Morgan fingerprint density at radius 2 is 2.33 bits per heavy atom. The van der Waals surface area contributed by atoms with Gasteiger partial charge in [-0.05, 0) is 19.3 Å². The van der Waals surface area contributed by atoms with E-state index < -0.39 is 11.5 Å². The number of nitrogens with zero attached hydrogens (tertiary/aromatic N) is 1. The zero-order chi connectivity index (χ0) is 13.2. The fourth-order valence-corrected chi connectivity index (χ4v) is 2.06. The highest BCUT2D eigenvalue weighted by Crippen LogP contribution is 2.39. The minimum atomic E-state index is -1.06. The molecule has 0 saturated heterocycles. The number of aromatic carboxylic acids is 1. The van der Waals surface area contributed by atoms with E-state index in [9.17, 15) is 9.59 Å². The van der Waals surface area contributed by atoms with Gasteiger partial charge in [-0.3, -0.25) is 4.79 Å². The number of hydrogen-bond acceptors (Lipinski definition) is 4. The number of imidazole rings is 1. The van der Waals surface area contributed by atoms with E-state index in [-0.39, 0.29) is 18.2 Å². The van der Waals surface area contributed by atoms with Gasteiger partial charge in [0.25, 0.3) is 0 Å². The van der Waals surface area contributed by atoms with Crippen LogP contribution in [0.15, 0.2) is 6.20 Å². The molecule has 1 amide bonds. The zero-order valence-electron chi connectivity index (χ0n) is 10.0. The molecule has 1 heterocycles. The zero-order valence-corrected chi connectivity index (χ0v) is 10.0. The van der Waals surface area contributed by atoms with E-state index in [2.05, 4.69) is 15.3 Å². The Morgan fingerprint density at radius 3 is 2.78 bits per heavy atom. The SMILES string of the molecule is COCC(=O)NC1(c2ncc(C(=O)O)[nH]2)CCC1. The molecule has 18 heavy (non-hydrogen) atoms. The van der Waals surface area contributed by atoms with Crippen LogP contribution in [-0.4, -0.2) is 40.7 Å². The highest BCUT2D eigenvalue weighted by atomic mass is 16.5. The largest absolute Gasteiger partial charge is 0.477 e. The van der Waals surface area contributed by atoms with Crippen molar-refractivity contribution in [1.29, 1.82) is 0 Å². The number of H-pyrrole nitrogens is 1. The van der Waals surface area contributed by atoms with Crippen molar-refractivity contribution in [3.8, 4) is 0 Å². The smallest absolute Gasteiger partial charge is 0.353 e. The first-order valence-electron chi connectivity index (χ1n) is 5.66. The van der Waals surface area contributed by atoms with E-state index in [0.717, 1.165) is 19.3 Å². The standard InChI is InChI=1S/C11H15N3O4/c1-18-6-8(15)14-11(3-2-4-11)10-12-5-7(13-10)9(16)17/h5H,2-4,6H2,1H3,(H,12,13)(H,14,15)(H,16,17). The highest BCUT2D eigenvalue weighted by molar-refractivity contribution is 5.85. The van der Waals surface area contributed by atoms with E-state index in [1.54, 1.807) is 0 Å². The minimum absolute atomic E-state index is 0.0196. The molecule has 0 spiro atoms. The van der Waals surface area contributed by atoms with Crippen LogP contribution in [0.25, 0.3) is 0 Å². The normalized spacial score (nSPS) is 16.9. The maximum atomic E-state index is 11.6. The molecule has 7 heteroatoms.